The normalized spacial score (nSPS) is 13.8. The van der Waals surface area contributed by atoms with E-state index in [0.717, 1.165) is 103 Å². The number of carbonyl (C=O) groups excluding carboxylic acids is 2. The van der Waals surface area contributed by atoms with Gasteiger partial charge in [0, 0.05) is 12.8 Å². The van der Waals surface area contributed by atoms with Crippen LogP contribution >= 0.6 is 7.82 Å². The molecule has 0 aromatic carbocycles. The van der Waals surface area contributed by atoms with Crippen LogP contribution in [0.3, 0.4) is 0 Å². The Balaban J connectivity index is 4.08. The minimum absolute atomic E-state index is 0.0350. The van der Waals surface area contributed by atoms with Gasteiger partial charge in [0.15, 0.2) is 6.10 Å². The van der Waals surface area contributed by atoms with Gasteiger partial charge < -0.3 is 27.9 Å². The molecule has 0 amide bonds. The van der Waals surface area contributed by atoms with Gasteiger partial charge in [-0.05, 0) is 83.5 Å². The molecule has 0 fully saturated rings. The number of carbonyl (C=O) groups is 2. The first-order valence-electron chi connectivity index (χ1n) is 36.1. The Kier molecular flexibility index (Phi) is 64.5. The standard InChI is InChI=1S/C77H136NO8P/c1-6-8-10-12-14-16-18-20-22-24-26-28-30-32-34-35-36-37-38-39-40-41-42-43-44-46-48-50-52-54-56-58-60-62-64-66-68-70-77(80)86-75(74-85-87(81,82)84-72-71-78(3,4)5)73-83-76(79)69-67-65-63-61-59-57-55-53-51-49-47-45-33-31-29-27-25-23-21-19-17-15-13-11-9-7-2/h8,10,14,16,20,22,26,28,32,34,36-37,39-40,42-43,46,48,75H,6-7,9,11-13,15,17-19,21,23-25,27,29-31,33,35,38,41,44-45,47,49-74H2,1-5H3/b10-8-,16-14-,22-20-,28-26-,34-32-,37-36-,40-39-,43-42-,48-46-. The van der Waals surface area contributed by atoms with Crippen LogP contribution in [0.5, 0.6) is 0 Å². The fraction of sp³-hybridized carbons (Fsp3) is 0.740. The van der Waals surface area contributed by atoms with Crippen molar-refractivity contribution >= 4 is 19.8 Å². The lowest BCUT2D eigenvalue weighted by atomic mass is 10.0. The third kappa shape index (κ3) is 71.6. The number of nitrogens with zero attached hydrogens (tertiary/aromatic N) is 1. The predicted octanol–water partition coefficient (Wildman–Crippen LogP) is 23.0. The monoisotopic (exact) mass is 1230 g/mol. The van der Waals surface area contributed by atoms with Crippen molar-refractivity contribution in [2.45, 2.75) is 322 Å². The highest BCUT2D eigenvalue weighted by Crippen LogP contribution is 2.38. The quantitative estimate of drug-likeness (QED) is 0.0195. The highest BCUT2D eigenvalue weighted by Gasteiger charge is 2.22. The zero-order chi connectivity index (χ0) is 63.4. The van der Waals surface area contributed by atoms with E-state index in [2.05, 4.69) is 123 Å². The highest BCUT2D eigenvalue weighted by atomic mass is 31.2. The van der Waals surface area contributed by atoms with Crippen LogP contribution in [-0.4, -0.2) is 70.0 Å². The fourth-order valence-electron chi connectivity index (χ4n) is 10.1. The molecule has 2 atom stereocenters. The van der Waals surface area contributed by atoms with Gasteiger partial charge in [0.2, 0.25) is 0 Å². The number of allylic oxidation sites excluding steroid dienone is 18. The van der Waals surface area contributed by atoms with Crippen LogP contribution in [0.2, 0.25) is 0 Å². The molecular formula is C77H136NO8P. The highest BCUT2D eigenvalue weighted by molar-refractivity contribution is 7.45. The molecule has 502 valence electrons. The van der Waals surface area contributed by atoms with Crippen molar-refractivity contribution in [3.63, 3.8) is 0 Å². The molecule has 87 heavy (non-hydrogen) atoms. The summed E-state index contributed by atoms with van der Waals surface area (Å²) in [4.78, 5) is 38.1. The SMILES string of the molecule is CC/C=C\C/C=C\C/C=C\C/C=C\C/C=C\C/C=C\C/C=C\C/C=C\C/C=C\CCCCCCCCCCCC(=O)OC(COC(=O)CCCCCCCCCCCCCCCCCCCCCCCCCCCC)COP(=O)([O-])OCC[N+](C)(C)C. The van der Waals surface area contributed by atoms with E-state index < -0.39 is 26.5 Å². The lowest BCUT2D eigenvalue weighted by Gasteiger charge is -2.28. The van der Waals surface area contributed by atoms with Crippen LogP contribution < -0.4 is 4.89 Å². The Morgan fingerprint density at radius 3 is 0.977 bits per heavy atom. The Morgan fingerprint density at radius 1 is 0.368 bits per heavy atom. The minimum Gasteiger partial charge on any atom is -0.756 e. The van der Waals surface area contributed by atoms with Gasteiger partial charge in [0.25, 0.3) is 7.82 Å². The third-order valence-electron chi connectivity index (χ3n) is 15.6. The number of likely N-dealkylation sites (N-methyl/N-ethyl adjacent to an activating group) is 1. The van der Waals surface area contributed by atoms with E-state index in [-0.39, 0.29) is 32.0 Å². The van der Waals surface area contributed by atoms with Gasteiger partial charge in [-0.15, -0.1) is 0 Å². The molecule has 2 unspecified atom stereocenters. The molecule has 0 saturated heterocycles. The van der Waals surface area contributed by atoms with E-state index in [1.807, 2.05) is 21.1 Å². The lowest BCUT2D eigenvalue weighted by Crippen LogP contribution is -2.37. The summed E-state index contributed by atoms with van der Waals surface area (Å²) in [6.07, 6.45) is 94.6. The second kappa shape index (κ2) is 67.1. The number of esters is 2. The third-order valence-corrected chi connectivity index (χ3v) is 16.5. The zero-order valence-corrected chi connectivity index (χ0v) is 58.1. The maximum Gasteiger partial charge on any atom is 0.306 e. The topological polar surface area (TPSA) is 111 Å². The van der Waals surface area contributed by atoms with Gasteiger partial charge in [-0.2, -0.15) is 0 Å². The van der Waals surface area contributed by atoms with E-state index in [1.165, 1.54) is 180 Å². The molecule has 0 aliphatic heterocycles. The van der Waals surface area contributed by atoms with E-state index in [4.69, 9.17) is 18.5 Å². The van der Waals surface area contributed by atoms with Crippen molar-refractivity contribution in [3.8, 4) is 0 Å². The van der Waals surface area contributed by atoms with Gasteiger partial charge in [-0.3, -0.25) is 14.2 Å². The number of hydrogen-bond donors (Lipinski definition) is 0. The molecule has 0 spiro atoms. The molecule has 0 N–H and O–H groups in total. The second-order valence-electron chi connectivity index (χ2n) is 25.2. The zero-order valence-electron chi connectivity index (χ0n) is 57.2. The molecule has 0 heterocycles. The average Bonchev–Trinajstić information content (AvgIpc) is 3.56. The number of rotatable bonds is 66. The summed E-state index contributed by atoms with van der Waals surface area (Å²) >= 11 is 0. The Hall–Kier alpha value is -3.33. The average molecular weight is 1230 g/mol. The molecule has 0 aliphatic carbocycles. The first-order valence-corrected chi connectivity index (χ1v) is 37.6. The summed E-state index contributed by atoms with van der Waals surface area (Å²) in [5, 5.41) is 0. The Bertz CT molecular complexity index is 1840. The largest absolute Gasteiger partial charge is 0.756 e. The van der Waals surface area contributed by atoms with Crippen molar-refractivity contribution in [2.24, 2.45) is 0 Å². The van der Waals surface area contributed by atoms with E-state index in [9.17, 15) is 19.0 Å². The number of quaternary nitrogens is 1. The van der Waals surface area contributed by atoms with Gasteiger partial charge in [-0.25, -0.2) is 0 Å². The second-order valence-corrected chi connectivity index (χ2v) is 26.6. The predicted molar refractivity (Wildman–Crippen MR) is 374 cm³/mol. The van der Waals surface area contributed by atoms with Gasteiger partial charge in [-0.1, -0.05) is 329 Å². The maximum atomic E-state index is 12.9. The summed E-state index contributed by atoms with van der Waals surface area (Å²) in [5.41, 5.74) is 0. The number of ether oxygens (including phenoxy) is 2. The van der Waals surface area contributed by atoms with Crippen LogP contribution in [-0.2, 0) is 32.7 Å². The maximum absolute atomic E-state index is 12.9. The van der Waals surface area contributed by atoms with Gasteiger partial charge in [0.05, 0.1) is 27.7 Å². The van der Waals surface area contributed by atoms with Crippen LogP contribution in [0.25, 0.3) is 0 Å². The van der Waals surface area contributed by atoms with Crippen LogP contribution in [0, 0.1) is 0 Å². The molecule has 0 aliphatic rings. The summed E-state index contributed by atoms with van der Waals surface area (Å²) in [6, 6.07) is 0. The molecule has 0 bridgehead atoms. The molecule has 0 rings (SSSR count). The van der Waals surface area contributed by atoms with Crippen molar-refractivity contribution < 1.29 is 42.1 Å². The molecule has 0 radical (unpaired) electrons. The van der Waals surface area contributed by atoms with Crippen LogP contribution in [0.1, 0.15) is 316 Å². The summed E-state index contributed by atoms with van der Waals surface area (Å²) in [7, 11) is 1.16. The van der Waals surface area contributed by atoms with Gasteiger partial charge >= 0.3 is 11.9 Å². The lowest BCUT2D eigenvalue weighted by molar-refractivity contribution is -0.870. The van der Waals surface area contributed by atoms with Crippen LogP contribution in [0.15, 0.2) is 109 Å². The van der Waals surface area contributed by atoms with Crippen LogP contribution in [0.4, 0.5) is 0 Å². The van der Waals surface area contributed by atoms with E-state index in [0.29, 0.717) is 17.4 Å². The molecule has 0 aromatic heterocycles. The Morgan fingerprint density at radius 2 is 0.655 bits per heavy atom. The molecular weight excluding hydrogens is 1100 g/mol. The first kappa shape index (κ1) is 83.7. The van der Waals surface area contributed by atoms with Crippen molar-refractivity contribution in [2.75, 3.05) is 47.5 Å². The minimum atomic E-state index is -4.65. The summed E-state index contributed by atoms with van der Waals surface area (Å²) in [6.45, 7) is 4.16. The van der Waals surface area contributed by atoms with E-state index in [1.54, 1.807) is 0 Å². The molecule has 0 aromatic rings. The molecule has 0 saturated carbocycles. The van der Waals surface area contributed by atoms with Gasteiger partial charge in [0.1, 0.15) is 19.8 Å². The fourth-order valence-corrected chi connectivity index (χ4v) is 10.8. The van der Waals surface area contributed by atoms with E-state index >= 15 is 0 Å². The van der Waals surface area contributed by atoms with Crippen molar-refractivity contribution in [1.82, 2.24) is 0 Å². The smallest absolute Gasteiger partial charge is 0.306 e. The summed E-state index contributed by atoms with van der Waals surface area (Å²) in [5.74, 6) is -0.832. The summed E-state index contributed by atoms with van der Waals surface area (Å²) < 4.78 is 34.3. The number of hydrogen-bond acceptors (Lipinski definition) is 8. The molecule has 10 heteroatoms. The Labute approximate surface area is 537 Å². The first-order chi connectivity index (χ1) is 42.5. The number of phosphoric ester groups is 1. The number of phosphoric acid groups is 1. The molecule has 9 nitrogen and oxygen atoms in total. The number of unbranched alkanes of at least 4 members (excludes halogenated alkanes) is 34. The van der Waals surface area contributed by atoms with Crippen molar-refractivity contribution in [1.29, 1.82) is 0 Å². The van der Waals surface area contributed by atoms with Crippen molar-refractivity contribution in [3.05, 3.63) is 109 Å².